The van der Waals surface area contributed by atoms with Gasteiger partial charge >= 0.3 is 0 Å². The van der Waals surface area contributed by atoms with Crippen LogP contribution in [0.5, 0.6) is 5.75 Å². The van der Waals surface area contributed by atoms with Gasteiger partial charge in [-0.1, -0.05) is 29.3 Å². The number of rotatable bonds is 5. The van der Waals surface area contributed by atoms with E-state index in [1.807, 2.05) is 25.1 Å². The first-order chi connectivity index (χ1) is 17.0. The van der Waals surface area contributed by atoms with Gasteiger partial charge in [0.1, 0.15) is 5.75 Å². The molecule has 8 nitrogen and oxygen atoms in total. The van der Waals surface area contributed by atoms with Crippen LogP contribution in [0.2, 0.25) is 10.0 Å². The summed E-state index contributed by atoms with van der Waals surface area (Å²) in [7, 11) is 1.66. The summed E-state index contributed by atoms with van der Waals surface area (Å²) in [6, 6.07) is 11.1. The Kier molecular flexibility index (Phi) is 6.51. The minimum absolute atomic E-state index is 0.297. The summed E-state index contributed by atoms with van der Waals surface area (Å²) < 4.78 is 7.09. The average Bonchev–Trinajstić information content (AvgIpc) is 2.87. The first-order valence-electron chi connectivity index (χ1n) is 11.2. The maximum absolute atomic E-state index is 13.2. The van der Waals surface area contributed by atoms with Gasteiger partial charge in [0.25, 0.3) is 5.56 Å². The Balaban J connectivity index is 1.49. The Hall–Kier alpha value is -3.33. The molecule has 3 heterocycles. The number of pyridine rings is 1. The molecular weight excluding hydrogens is 487 g/mol. The van der Waals surface area contributed by atoms with E-state index in [1.165, 1.54) is 10.8 Å². The zero-order valence-electron chi connectivity index (χ0n) is 19.3. The van der Waals surface area contributed by atoms with E-state index in [9.17, 15) is 4.79 Å². The van der Waals surface area contributed by atoms with Gasteiger partial charge in [0.2, 0.25) is 5.95 Å². The third-order valence-electron chi connectivity index (χ3n) is 6.01. The van der Waals surface area contributed by atoms with Gasteiger partial charge in [-0.25, -0.2) is 9.97 Å². The molecule has 5 rings (SSSR count). The summed E-state index contributed by atoms with van der Waals surface area (Å²) in [4.78, 5) is 24.6. The highest BCUT2D eigenvalue weighted by molar-refractivity contribution is 6.37. The number of hydrogen-bond acceptors (Lipinski definition) is 7. The van der Waals surface area contributed by atoms with Crippen LogP contribution in [-0.2, 0) is 0 Å². The largest absolute Gasteiger partial charge is 0.495 e. The number of para-hydroxylation sites is 1. The van der Waals surface area contributed by atoms with Crippen molar-refractivity contribution in [3.8, 4) is 11.4 Å². The van der Waals surface area contributed by atoms with Gasteiger partial charge in [0.05, 0.1) is 39.4 Å². The fourth-order valence-electron chi connectivity index (χ4n) is 4.28. The van der Waals surface area contributed by atoms with E-state index in [2.05, 4.69) is 25.5 Å². The second-order valence-electron chi connectivity index (χ2n) is 8.26. The van der Waals surface area contributed by atoms with Crippen molar-refractivity contribution in [2.24, 2.45) is 0 Å². The van der Waals surface area contributed by atoms with E-state index in [4.69, 9.17) is 27.9 Å². The number of ether oxygens (including phenoxy) is 1. The van der Waals surface area contributed by atoms with Crippen LogP contribution in [0.25, 0.3) is 16.6 Å². The highest BCUT2D eigenvalue weighted by Gasteiger charge is 2.17. The van der Waals surface area contributed by atoms with E-state index in [1.54, 1.807) is 31.5 Å². The number of fused-ring (bicyclic) bond motifs is 1. The van der Waals surface area contributed by atoms with E-state index >= 15 is 0 Å². The number of aryl methyl sites for hydroxylation is 1. The first kappa shape index (κ1) is 23.4. The molecule has 2 aromatic carbocycles. The molecule has 0 atom stereocenters. The van der Waals surface area contributed by atoms with E-state index in [0.29, 0.717) is 32.6 Å². The second kappa shape index (κ2) is 9.73. The number of nitrogens with one attached hydrogen (secondary N) is 2. The SMILES string of the molecule is COc1cc(Nc2ncc3c(=O)n(-c4c(Cl)cccc4Cl)cc(C)c3n2)ccc1N1CCNCC1. The lowest BCUT2D eigenvalue weighted by molar-refractivity contribution is 0.413. The van der Waals surface area contributed by atoms with Crippen LogP contribution >= 0.6 is 23.2 Å². The smallest absolute Gasteiger partial charge is 0.266 e. The molecule has 2 N–H and O–H groups in total. The summed E-state index contributed by atoms with van der Waals surface area (Å²) in [5, 5.41) is 7.73. The molecule has 0 saturated carbocycles. The summed E-state index contributed by atoms with van der Waals surface area (Å²) >= 11 is 12.7. The Labute approximate surface area is 212 Å². The number of methoxy groups -OCH3 is 1. The monoisotopic (exact) mass is 510 g/mol. The van der Waals surface area contributed by atoms with Crippen molar-refractivity contribution < 1.29 is 4.74 Å². The lowest BCUT2D eigenvalue weighted by Crippen LogP contribution is -2.43. The highest BCUT2D eigenvalue weighted by Crippen LogP contribution is 2.33. The zero-order chi connectivity index (χ0) is 24.5. The fraction of sp³-hybridized carbons (Fsp3) is 0.240. The Morgan fingerprint density at radius 2 is 1.86 bits per heavy atom. The highest BCUT2D eigenvalue weighted by atomic mass is 35.5. The Morgan fingerprint density at radius 1 is 1.11 bits per heavy atom. The van der Waals surface area contributed by atoms with Crippen LogP contribution in [0.3, 0.4) is 0 Å². The number of piperazine rings is 1. The van der Waals surface area contributed by atoms with Gasteiger partial charge in [0, 0.05) is 50.3 Å². The van der Waals surface area contributed by atoms with E-state index in [0.717, 1.165) is 48.9 Å². The lowest BCUT2D eigenvalue weighted by atomic mass is 10.2. The number of nitrogens with zero attached hydrogens (tertiary/aromatic N) is 4. The van der Waals surface area contributed by atoms with Crippen LogP contribution in [0, 0.1) is 6.92 Å². The second-order valence-corrected chi connectivity index (χ2v) is 9.08. The summed E-state index contributed by atoms with van der Waals surface area (Å²) in [6.07, 6.45) is 3.22. The van der Waals surface area contributed by atoms with Crippen molar-refractivity contribution in [2.75, 3.05) is 43.5 Å². The van der Waals surface area contributed by atoms with Crippen LogP contribution in [0.1, 0.15) is 5.56 Å². The molecule has 1 aliphatic rings. The molecule has 35 heavy (non-hydrogen) atoms. The molecule has 0 bridgehead atoms. The number of aromatic nitrogens is 3. The molecule has 1 saturated heterocycles. The topological polar surface area (TPSA) is 84.3 Å². The van der Waals surface area contributed by atoms with Crippen molar-refractivity contribution >= 4 is 51.4 Å². The maximum Gasteiger partial charge on any atom is 0.266 e. The normalized spacial score (nSPS) is 13.8. The predicted octanol–water partition coefficient (Wildman–Crippen LogP) is 4.56. The average molecular weight is 511 g/mol. The van der Waals surface area contributed by atoms with Gasteiger partial charge < -0.3 is 20.3 Å². The van der Waals surface area contributed by atoms with Crippen molar-refractivity contribution in [2.45, 2.75) is 6.92 Å². The third-order valence-corrected chi connectivity index (χ3v) is 6.62. The number of benzene rings is 2. The molecule has 4 aromatic rings. The molecule has 1 aliphatic heterocycles. The Morgan fingerprint density at radius 3 is 2.57 bits per heavy atom. The molecule has 0 unspecified atom stereocenters. The summed E-state index contributed by atoms with van der Waals surface area (Å²) in [5.41, 5.74) is 3.31. The number of halogens is 2. The van der Waals surface area contributed by atoms with Crippen LogP contribution in [-0.4, -0.2) is 47.8 Å². The van der Waals surface area contributed by atoms with Crippen molar-refractivity contribution in [3.05, 3.63) is 74.8 Å². The predicted molar refractivity (Wildman–Crippen MR) is 141 cm³/mol. The summed E-state index contributed by atoms with van der Waals surface area (Å²) in [6.45, 7) is 5.61. The number of hydrogen-bond donors (Lipinski definition) is 2. The Bertz CT molecular complexity index is 1450. The van der Waals surface area contributed by atoms with Crippen molar-refractivity contribution in [1.82, 2.24) is 19.9 Å². The molecular formula is C25H24Cl2N6O2. The van der Waals surface area contributed by atoms with Gasteiger partial charge in [-0.2, -0.15) is 0 Å². The summed E-state index contributed by atoms with van der Waals surface area (Å²) in [5.74, 6) is 1.15. The zero-order valence-corrected chi connectivity index (χ0v) is 20.8. The van der Waals surface area contributed by atoms with E-state index in [-0.39, 0.29) is 5.56 Å². The molecule has 10 heteroatoms. The molecule has 0 amide bonds. The lowest BCUT2D eigenvalue weighted by Gasteiger charge is -2.30. The fourth-order valence-corrected chi connectivity index (χ4v) is 4.86. The minimum Gasteiger partial charge on any atom is -0.495 e. The number of anilines is 3. The van der Waals surface area contributed by atoms with Crippen LogP contribution < -0.4 is 25.8 Å². The van der Waals surface area contributed by atoms with Crippen molar-refractivity contribution in [3.63, 3.8) is 0 Å². The quantitative estimate of drug-likeness (QED) is 0.407. The van der Waals surface area contributed by atoms with Gasteiger partial charge in [-0.15, -0.1) is 0 Å². The van der Waals surface area contributed by atoms with Crippen LogP contribution in [0.4, 0.5) is 17.3 Å². The molecule has 0 spiro atoms. The third kappa shape index (κ3) is 4.52. The van der Waals surface area contributed by atoms with Crippen molar-refractivity contribution in [1.29, 1.82) is 0 Å². The first-order valence-corrected chi connectivity index (χ1v) is 12.0. The van der Waals surface area contributed by atoms with E-state index < -0.39 is 0 Å². The molecule has 0 radical (unpaired) electrons. The molecule has 2 aromatic heterocycles. The van der Waals surface area contributed by atoms with Gasteiger partial charge in [-0.05, 0) is 36.8 Å². The minimum atomic E-state index is -0.297. The van der Waals surface area contributed by atoms with Gasteiger partial charge in [-0.3, -0.25) is 9.36 Å². The standard InChI is InChI=1S/C25H24Cl2N6O2/c1-15-14-33(23-18(26)4-3-5-19(23)27)24(34)17-13-29-25(31-22(15)17)30-16-6-7-20(21(12-16)35-2)32-10-8-28-9-11-32/h3-7,12-14,28H,8-11H2,1-2H3,(H,29,30,31). The maximum atomic E-state index is 13.2. The van der Waals surface area contributed by atoms with Crippen LogP contribution in [0.15, 0.2) is 53.6 Å². The van der Waals surface area contributed by atoms with Gasteiger partial charge in [0.15, 0.2) is 0 Å². The molecule has 1 fully saturated rings. The molecule has 180 valence electrons. The molecule has 0 aliphatic carbocycles.